The molecule has 0 spiro atoms. The predicted molar refractivity (Wildman–Crippen MR) is 156 cm³/mol. The van der Waals surface area contributed by atoms with Crippen molar-refractivity contribution in [2.75, 3.05) is 24.7 Å². The van der Waals surface area contributed by atoms with Gasteiger partial charge in [0, 0.05) is 43.2 Å². The Kier molecular flexibility index (Phi) is 8.66. The van der Waals surface area contributed by atoms with Gasteiger partial charge in [-0.25, -0.2) is 17.9 Å². The van der Waals surface area contributed by atoms with Gasteiger partial charge in [-0.3, -0.25) is 4.90 Å². The topological polar surface area (TPSA) is 117 Å². The van der Waals surface area contributed by atoms with Crippen molar-refractivity contribution in [1.29, 1.82) is 0 Å². The number of nitrogens with zero attached hydrogens (tertiary/aromatic N) is 4. The van der Waals surface area contributed by atoms with Gasteiger partial charge < -0.3 is 10.4 Å². The second-order valence-corrected chi connectivity index (χ2v) is 13.2. The van der Waals surface area contributed by atoms with E-state index in [1.54, 1.807) is 18.2 Å². The third kappa shape index (κ3) is 6.93. The first-order valence-corrected chi connectivity index (χ1v) is 16.0. The molecule has 2 N–H and O–H groups in total. The quantitative estimate of drug-likeness (QED) is 0.386. The Morgan fingerprint density at radius 2 is 1.84 bits per heavy atom. The van der Waals surface area contributed by atoms with E-state index in [0.29, 0.717) is 4.90 Å². The summed E-state index contributed by atoms with van der Waals surface area (Å²) in [7, 11) is -3.28. The van der Waals surface area contributed by atoms with Crippen LogP contribution in [0.3, 0.4) is 0 Å². The van der Waals surface area contributed by atoms with E-state index in [9.17, 15) is 21.6 Å². The van der Waals surface area contributed by atoms with Gasteiger partial charge in [0.15, 0.2) is 9.84 Å². The number of hydrogen-bond donors (Lipinski definition) is 2. The lowest BCUT2D eigenvalue weighted by Crippen LogP contribution is -2.42. The molecular formula is C30H34F3N5O4S. The fourth-order valence-electron chi connectivity index (χ4n) is 5.76. The van der Waals surface area contributed by atoms with Gasteiger partial charge in [-0.1, -0.05) is 35.9 Å². The number of alkyl halides is 3. The van der Waals surface area contributed by atoms with Crippen LogP contribution in [0.1, 0.15) is 55.0 Å². The number of sulfone groups is 1. The second kappa shape index (κ2) is 12.1. The molecule has 6 rings (SSSR count). The Labute approximate surface area is 248 Å². The molecule has 230 valence electrons. The number of halogens is 3. The van der Waals surface area contributed by atoms with E-state index in [-0.39, 0.29) is 6.04 Å². The molecule has 2 aliphatic heterocycles. The van der Waals surface area contributed by atoms with Gasteiger partial charge in [-0.2, -0.15) is 13.2 Å². The number of rotatable bonds is 5. The molecule has 3 aliphatic rings. The average Bonchev–Trinajstić information content (AvgIpc) is 3.21. The van der Waals surface area contributed by atoms with Crippen molar-refractivity contribution in [1.82, 2.24) is 19.9 Å². The minimum atomic E-state index is -5.08. The van der Waals surface area contributed by atoms with Crippen molar-refractivity contribution >= 4 is 27.1 Å². The number of fused-ring (bicyclic) bond motifs is 3. The summed E-state index contributed by atoms with van der Waals surface area (Å²) in [6, 6.07) is 14.7. The summed E-state index contributed by atoms with van der Waals surface area (Å²) >= 11 is 0. The van der Waals surface area contributed by atoms with E-state index in [1.807, 2.05) is 17.7 Å². The molecule has 1 atom stereocenters. The van der Waals surface area contributed by atoms with Crippen molar-refractivity contribution in [2.45, 2.75) is 68.7 Å². The Morgan fingerprint density at radius 3 is 2.44 bits per heavy atom. The van der Waals surface area contributed by atoms with Gasteiger partial charge in [0.25, 0.3) is 0 Å². The van der Waals surface area contributed by atoms with Crippen LogP contribution in [0.2, 0.25) is 0 Å². The zero-order chi connectivity index (χ0) is 30.9. The molecule has 1 saturated carbocycles. The van der Waals surface area contributed by atoms with Crippen molar-refractivity contribution < 1.29 is 31.5 Å². The zero-order valence-electron chi connectivity index (χ0n) is 23.9. The number of aryl methyl sites for hydroxylation is 2. The van der Waals surface area contributed by atoms with Crippen molar-refractivity contribution in [3.8, 4) is 11.3 Å². The molecule has 9 nitrogen and oxygen atoms in total. The van der Waals surface area contributed by atoms with Crippen LogP contribution in [0.5, 0.6) is 0 Å². The number of carboxylic acids is 1. The maximum absolute atomic E-state index is 12.1. The first-order chi connectivity index (χ1) is 20.3. The number of anilines is 1. The molecule has 0 saturated heterocycles. The molecular weight excluding hydrogens is 583 g/mol. The molecule has 3 aromatic rings. The van der Waals surface area contributed by atoms with Crippen LogP contribution in [0, 0.1) is 6.92 Å². The van der Waals surface area contributed by atoms with Crippen LogP contribution < -0.4 is 5.32 Å². The molecule has 1 fully saturated rings. The largest absolute Gasteiger partial charge is 0.490 e. The van der Waals surface area contributed by atoms with Crippen LogP contribution in [0.25, 0.3) is 16.8 Å². The molecule has 13 heteroatoms. The molecule has 0 amide bonds. The summed E-state index contributed by atoms with van der Waals surface area (Å²) in [6.45, 7) is 4.91. The minimum absolute atomic E-state index is 0.0199. The maximum Gasteiger partial charge on any atom is 0.490 e. The number of aromatic nitrogens is 3. The summed E-state index contributed by atoms with van der Waals surface area (Å²) in [5.74, 6) is -2.76. The Balaban J connectivity index is 0.000000472. The summed E-state index contributed by atoms with van der Waals surface area (Å²) in [5.41, 5.74) is 7.85. The highest BCUT2D eigenvalue weighted by Crippen LogP contribution is 2.39. The number of carboxylic acid groups (broad SMARTS) is 1. The number of aliphatic carboxylic acids is 1. The van der Waals surface area contributed by atoms with Crippen LogP contribution in [0.15, 0.2) is 53.4 Å². The van der Waals surface area contributed by atoms with Crippen LogP contribution in [-0.2, 0) is 21.2 Å². The first kappa shape index (κ1) is 30.7. The predicted octanol–water partition coefficient (Wildman–Crippen LogP) is 5.49. The highest BCUT2D eigenvalue weighted by atomic mass is 32.2. The summed E-state index contributed by atoms with van der Waals surface area (Å²) in [5, 5.41) is 19.5. The molecule has 2 aromatic carbocycles. The van der Waals surface area contributed by atoms with E-state index in [1.165, 1.54) is 42.2 Å². The van der Waals surface area contributed by atoms with E-state index in [0.717, 1.165) is 61.2 Å². The van der Waals surface area contributed by atoms with Gasteiger partial charge in [0.05, 0.1) is 22.3 Å². The average molecular weight is 618 g/mol. The van der Waals surface area contributed by atoms with E-state index in [2.05, 4.69) is 44.8 Å². The number of hydrogen-bond acceptors (Lipinski definition) is 7. The SMILES string of the molecule is Cc1nnn2c1-c1ccc(C3=CCN(C4CCC4)CC3)cc1C(Nc1cccc(S(C)(=O)=O)c1)CC2.O=C(O)C(F)(F)F. The molecule has 1 aromatic heterocycles. The van der Waals surface area contributed by atoms with E-state index in [4.69, 9.17) is 9.90 Å². The highest BCUT2D eigenvalue weighted by molar-refractivity contribution is 7.90. The van der Waals surface area contributed by atoms with Crippen LogP contribution in [0.4, 0.5) is 18.9 Å². The van der Waals surface area contributed by atoms with Gasteiger partial charge in [0.2, 0.25) is 0 Å². The zero-order valence-corrected chi connectivity index (χ0v) is 24.7. The smallest absolute Gasteiger partial charge is 0.475 e. The van der Waals surface area contributed by atoms with Crippen molar-refractivity contribution in [2.24, 2.45) is 0 Å². The van der Waals surface area contributed by atoms with Gasteiger partial charge >= 0.3 is 12.1 Å². The van der Waals surface area contributed by atoms with E-state index < -0.39 is 22.0 Å². The van der Waals surface area contributed by atoms with Gasteiger partial charge in [0.1, 0.15) is 0 Å². The lowest BCUT2D eigenvalue weighted by atomic mass is 9.88. The standard InChI is InChI=1S/C28H33N5O2S.C2HF3O2/c1-19-28-25-10-9-21(20-11-14-32(15-12-20)23-6-4-7-23)17-26(25)27(13-16-33(28)31-30-19)29-22-5-3-8-24(18-22)36(2,34)35;3-2(4,5)1(6)7/h3,5,8-11,17-18,23,27,29H,4,6-7,12-16H2,1-2H3;(H,6,7). The highest BCUT2D eigenvalue weighted by Gasteiger charge is 2.38. The summed E-state index contributed by atoms with van der Waals surface area (Å²) in [6.07, 6.45) is 4.53. The second-order valence-electron chi connectivity index (χ2n) is 11.2. The first-order valence-electron chi connectivity index (χ1n) is 14.2. The number of carbonyl (C=O) groups is 1. The summed E-state index contributed by atoms with van der Waals surface area (Å²) < 4.78 is 58.0. The normalized spacial score (nSPS) is 19.1. The van der Waals surface area contributed by atoms with Gasteiger partial charge in [-0.15, -0.1) is 5.10 Å². The third-order valence-electron chi connectivity index (χ3n) is 8.26. The van der Waals surface area contributed by atoms with Crippen LogP contribution in [-0.4, -0.2) is 71.0 Å². The monoisotopic (exact) mass is 617 g/mol. The van der Waals surface area contributed by atoms with Crippen molar-refractivity contribution in [3.05, 3.63) is 65.4 Å². The van der Waals surface area contributed by atoms with E-state index >= 15 is 0 Å². The fourth-order valence-corrected chi connectivity index (χ4v) is 6.43. The molecule has 0 bridgehead atoms. The minimum Gasteiger partial charge on any atom is -0.475 e. The number of benzene rings is 2. The molecule has 1 unspecified atom stereocenters. The molecule has 3 heterocycles. The Bertz CT molecular complexity index is 1650. The Morgan fingerprint density at radius 1 is 1.09 bits per heavy atom. The number of nitrogens with one attached hydrogen (secondary N) is 1. The third-order valence-corrected chi connectivity index (χ3v) is 9.37. The Hall–Kier alpha value is -3.71. The fraction of sp³-hybridized carbons (Fsp3) is 0.433. The maximum atomic E-state index is 12.1. The molecule has 43 heavy (non-hydrogen) atoms. The van der Waals surface area contributed by atoms with Crippen molar-refractivity contribution in [3.63, 3.8) is 0 Å². The lowest BCUT2D eigenvalue weighted by Gasteiger charge is -2.39. The molecule has 0 radical (unpaired) electrons. The van der Waals surface area contributed by atoms with Crippen LogP contribution >= 0.6 is 0 Å². The summed E-state index contributed by atoms with van der Waals surface area (Å²) in [4.78, 5) is 11.8. The lowest BCUT2D eigenvalue weighted by molar-refractivity contribution is -0.192. The van der Waals surface area contributed by atoms with Gasteiger partial charge in [-0.05, 0) is 73.6 Å². The molecule has 1 aliphatic carbocycles.